The molecule has 0 saturated carbocycles. The highest BCUT2D eigenvalue weighted by Crippen LogP contribution is 2.26. The average molecular weight is 247 g/mol. The summed E-state index contributed by atoms with van der Waals surface area (Å²) < 4.78 is 1.25. The van der Waals surface area contributed by atoms with Gasteiger partial charge in [-0.05, 0) is 28.8 Å². The van der Waals surface area contributed by atoms with E-state index in [1.807, 2.05) is 19.1 Å². The van der Waals surface area contributed by atoms with Crippen molar-refractivity contribution in [2.45, 2.75) is 19.8 Å². The van der Waals surface area contributed by atoms with Crippen molar-refractivity contribution < 1.29 is 4.79 Å². The fraction of sp³-hybridized carbons (Fsp3) is 0.357. The first kappa shape index (κ1) is 12.3. The first-order valence-corrected chi connectivity index (χ1v) is 6.82. The second-order valence-electron chi connectivity index (χ2n) is 4.24. The molecule has 0 radical (unpaired) electrons. The number of nitrogens with two attached hydrogens (primary N) is 1. The number of carbonyl (C=O) groups is 1. The molecule has 1 heterocycles. The molecule has 2 rings (SSSR count). The highest BCUT2D eigenvalue weighted by molar-refractivity contribution is 7.17. The quantitative estimate of drug-likeness (QED) is 0.882. The number of hydrogen-bond donors (Lipinski definition) is 1. The van der Waals surface area contributed by atoms with Gasteiger partial charge in [0.05, 0.1) is 0 Å². The summed E-state index contributed by atoms with van der Waals surface area (Å²) in [6, 6.07) is 8.22. The van der Waals surface area contributed by atoms with Crippen LogP contribution in [0.2, 0.25) is 0 Å². The Hall–Kier alpha value is -1.19. The van der Waals surface area contributed by atoms with Gasteiger partial charge in [0.25, 0.3) is 0 Å². The van der Waals surface area contributed by atoms with E-state index in [0.29, 0.717) is 13.0 Å². The van der Waals surface area contributed by atoms with E-state index in [2.05, 4.69) is 17.5 Å². The summed E-state index contributed by atoms with van der Waals surface area (Å²) in [5.41, 5.74) is 6.75. The van der Waals surface area contributed by atoms with Crippen LogP contribution in [-0.2, 0) is 11.2 Å². The van der Waals surface area contributed by atoms with Crippen molar-refractivity contribution in [1.82, 2.24) is 0 Å². The molecule has 1 unspecified atom stereocenters. The summed E-state index contributed by atoms with van der Waals surface area (Å²) in [7, 11) is 0. The molecule has 2 N–H and O–H groups in total. The fourth-order valence-corrected chi connectivity index (χ4v) is 2.99. The molecule has 90 valence electrons. The molecule has 0 fully saturated rings. The van der Waals surface area contributed by atoms with Gasteiger partial charge in [-0.1, -0.05) is 25.1 Å². The lowest BCUT2D eigenvalue weighted by Crippen LogP contribution is -2.24. The molecule has 0 bridgehead atoms. The molecule has 1 aromatic carbocycles. The molecule has 0 spiro atoms. The molecule has 2 aromatic rings. The van der Waals surface area contributed by atoms with Gasteiger partial charge in [0.15, 0.2) is 0 Å². The number of Topliss-reactive ketones (excluding diaryl/α,β-unsaturated/α-hetero) is 1. The van der Waals surface area contributed by atoms with E-state index >= 15 is 0 Å². The first-order chi connectivity index (χ1) is 8.26. The number of benzene rings is 1. The van der Waals surface area contributed by atoms with Crippen LogP contribution >= 0.6 is 11.3 Å². The van der Waals surface area contributed by atoms with E-state index in [9.17, 15) is 4.79 Å². The predicted molar refractivity (Wildman–Crippen MR) is 73.4 cm³/mol. The Balaban J connectivity index is 2.21. The molecule has 0 saturated heterocycles. The van der Waals surface area contributed by atoms with E-state index in [1.54, 1.807) is 11.3 Å². The standard InChI is InChI=1S/C14H17NOS/c1-2-10(8-15)13(16)7-11-9-17-14-6-4-3-5-12(11)14/h3-6,9-10H,2,7-8,15H2,1H3. The summed E-state index contributed by atoms with van der Waals surface area (Å²) in [5.74, 6) is 0.271. The van der Waals surface area contributed by atoms with E-state index < -0.39 is 0 Å². The maximum atomic E-state index is 12.0. The Morgan fingerprint density at radius 3 is 2.88 bits per heavy atom. The third-order valence-corrected chi connectivity index (χ3v) is 4.17. The number of carbonyl (C=O) groups excluding carboxylic acids is 1. The lowest BCUT2D eigenvalue weighted by Gasteiger charge is -2.10. The Morgan fingerprint density at radius 1 is 1.41 bits per heavy atom. The zero-order chi connectivity index (χ0) is 12.3. The van der Waals surface area contributed by atoms with Crippen LogP contribution in [0.5, 0.6) is 0 Å². The normalized spacial score (nSPS) is 12.8. The third kappa shape index (κ3) is 2.56. The van der Waals surface area contributed by atoms with Crippen LogP contribution in [0.25, 0.3) is 10.1 Å². The molecule has 1 atom stereocenters. The fourth-order valence-electron chi connectivity index (χ4n) is 2.03. The number of fused-ring (bicyclic) bond motifs is 1. The van der Waals surface area contributed by atoms with Gasteiger partial charge in [0.1, 0.15) is 5.78 Å². The summed E-state index contributed by atoms with van der Waals surface area (Å²) in [4.78, 5) is 12.0. The van der Waals surface area contributed by atoms with Gasteiger partial charge in [0.2, 0.25) is 0 Å². The minimum atomic E-state index is 0.00802. The van der Waals surface area contributed by atoms with Crippen molar-refractivity contribution in [2.75, 3.05) is 6.54 Å². The largest absolute Gasteiger partial charge is 0.330 e. The molecule has 2 nitrogen and oxygen atoms in total. The lowest BCUT2D eigenvalue weighted by atomic mass is 9.95. The zero-order valence-electron chi connectivity index (χ0n) is 9.98. The summed E-state index contributed by atoms with van der Waals surface area (Å²) in [5, 5.41) is 3.30. The Bertz CT molecular complexity index is 514. The molecule has 0 amide bonds. The minimum absolute atomic E-state index is 0.00802. The van der Waals surface area contributed by atoms with E-state index in [1.165, 1.54) is 10.1 Å². The molecular weight excluding hydrogens is 230 g/mol. The Labute approximate surface area is 105 Å². The smallest absolute Gasteiger partial charge is 0.141 e. The van der Waals surface area contributed by atoms with Gasteiger partial charge < -0.3 is 5.73 Å². The van der Waals surface area contributed by atoms with E-state index in [-0.39, 0.29) is 11.7 Å². The van der Waals surface area contributed by atoms with Gasteiger partial charge in [-0.2, -0.15) is 0 Å². The SMILES string of the molecule is CCC(CN)C(=O)Cc1csc2ccccc12. The van der Waals surface area contributed by atoms with E-state index in [4.69, 9.17) is 5.73 Å². The number of thiophene rings is 1. The molecule has 1 aromatic heterocycles. The maximum absolute atomic E-state index is 12.0. The summed E-state index contributed by atoms with van der Waals surface area (Å²) >= 11 is 1.70. The van der Waals surface area contributed by atoms with Crippen molar-refractivity contribution in [3.05, 3.63) is 35.2 Å². The van der Waals surface area contributed by atoms with Crippen LogP contribution in [0.3, 0.4) is 0 Å². The van der Waals surface area contributed by atoms with Crippen molar-refractivity contribution in [3.8, 4) is 0 Å². The number of ketones is 1. The van der Waals surface area contributed by atoms with Gasteiger partial charge >= 0.3 is 0 Å². The van der Waals surface area contributed by atoms with Crippen LogP contribution in [-0.4, -0.2) is 12.3 Å². The highest BCUT2D eigenvalue weighted by Gasteiger charge is 2.16. The van der Waals surface area contributed by atoms with Crippen molar-refractivity contribution in [2.24, 2.45) is 11.7 Å². The number of hydrogen-bond acceptors (Lipinski definition) is 3. The topological polar surface area (TPSA) is 43.1 Å². The molecule has 17 heavy (non-hydrogen) atoms. The Kier molecular flexibility index (Phi) is 3.92. The van der Waals surface area contributed by atoms with Crippen molar-refractivity contribution in [3.63, 3.8) is 0 Å². The predicted octanol–water partition coefficient (Wildman–Crippen LogP) is 3.00. The lowest BCUT2D eigenvalue weighted by molar-refractivity contribution is -0.121. The van der Waals surface area contributed by atoms with Crippen LogP contribution < -0.4 is 5.73 Å². The summed E-state index contributed by atoms with van der Waals surface area (Å²) in [6.07, 6.45) is 1.34. The minimum Gasteiger partial charge on any atom is -0.330 e. The Morgan fingerprint density at radius 2 is 2.18 bits per heavy atom. The monoisotopic (exact) mass is 247 g/mol. The van der Waals surface area contributed by atoms with Gasteiger partial charge in [-0.3, -0.25) is 4.79 Å². The molecule has 3 heteroatoms. The van der Waals surface area contributed by atoms with Crippen LogP contribution in [0, 0.1) is 5.92 Å². The van der Waals surface area contributed by atoms with Crippen molar-refractivity contribution >= 4 is 27.2 Å². The second-order valence-corrected chi connectivity index (χ2v) is 5.15. The highest BCUT2D eigenvalue weighted by atomic mass is 32.1. The summed E-state index contributed by atoms with van der Waals surface area (Å²) in [6.45, 7) is 2.47. The second kappa shape index (κ2) is 5.43. The molecular formula is C14H17NOS. The maximum Gasteiger partial charge on any atom is 0.141 e. The molecule has 0 aliphatic rings. The van der Waals surface area contributed by atoms with Gasteiger partial charge in [0, 0.05) is 23.6 Å². The average Bonchev–Trinajstić information content (AvgIpc) is 2.74. The van der Waals surface area contributed by atoms with Gasteiger partial charge in [-0.25, -0.2) is 0 Å². The van der Waals surface area contributed by atoms with E-state index in [0.717, 1.165) is 12.0 Å². The zero-order valence-corrected chi connectivity index (χ0v) is 10.8. The third-order valence-electron chi connectivity index (χ3n) is 3.16. The number of rotatable bonds is 5. The van der Waals surface area contributed by atoms with Crippen LogP contribution in [0.1, 0.15) is 18.9 Å². The van der Waals surface area contributed by atoms with Crippen LogP contribution in [0.4, 0.5) is 0 Å². The molecule has 0 aliphatic carbocycles. The first-order valence-electron chi connectivity index (χ1n) is 5.94. The van der Waals surface area contributed by atoms with Crippen LogP contribution in [0.15, 0.2) is 29.6 Å². The van der Waals surface area contributed by atoms with Gasteiger partial charge in [-0.15, -0.1) is 11.3 Å². The van der Waals surface area contributed by atoms with Crippen molar-refractivity contribution in [1.29, 1.82) is 0 Å². The molecule has 0 aliphatic heterocycles.